The zero-order valence-electron chi connectivity index (χ0n) is 24.5. The molecular weight excluding hydrogens is 593 g/mol. The summed E-state index contributed by atoms with van der Waals surface area (Å²) in [5, 5.41) is 41.4. The number of carbonyl (C=O) groups is 3. The average Bonchev–Trinajstić information content (AvgIpc) is 3.54. The lowest BCUT2D eigenvalue weighted by Crippen LogP contribution is -2.42. The summed E-state index contributed by atoms with van der Waals surface area (Å²) in [6, 6.07) is 5.89. The molecule has 0 bridgehead atoms. The average molecular weight is 631 g/mol. The fraction of sp³-hybridized carbons (Fsp3) is 0.571. The van der Waals surface area contributed by atoms with Gasteiger partial charge in [0.25, 0.3) is 0 Å². The van der Waals surface area contributed by atoms with Crippen molar-refractivity contribution in [2.75, 3.05) is 26.1 Å². The molecule has 16 heteroatoms. The third kappa shape index (κ3) is 8.60. The highest BCUT2D eigenvalue weighted by molar-refractivity contribution is 5.88. The number of nitrogens with one attached hydrogen (secondary N) is 1. The van der Waals surface area contributed by atoms with E-state index in [1.54, 1.807) is 27.2 Å². The molecule has 0 amide bonds. The van der Waals surface area contributed by atoms with Gasteiger partial charge in [0.05, 0.1) is 38.3 Å². The highest BCUT2D eigenvalue weighted by Crippen LogP contribution is 2.42. The molecule has 2 aliphatic rings. The second-order valence-corrected chi connectivity index (χ2v) is 10.9. The van der Waals surface area contributed by atoms with E-state index in [0.717, 1.165) is 40.9 Å². The van der Waals surface area contributed by atoms with E-state index in [4.69, 9.17) is 29.9 Å². The van der Waals surface area contributed by atoms with Crippen molar-refractivity contribution in [3.63, 3.8) is 0 Å². The van der Waals surface area contributed by atoms with E-state index >= 15 is 0 Å². The number of methoxy groups -OCH3 is 2. The van der Waals surface area contributed by atoms with E-state index in [1.165, 1.54) is 0 Å². The number of aliphatic hydroxyl groups is 1. The Morgan fingerprint density at radius 1 is 1.09 bits per heavy atom. The smallest absolute Gasteiger partial charge is 0.410 e. The lowest BCUT2D eigenvalue weighted by atomic mass is 9.96. The molecule has 0 radical (unpaired) electrons. The first kappa shape index (κ1) is 34.6. The summed E-state index contributed by atoms with van der Waals surface area (Å²) in [6.07, 6.45) is -4.79. The highest BCUT2D eigenvalue weighted by Gasteiger charge is 2.46. The Balaban J connectivity index is 0.000000345. The number of fused-ring (bicyclic) bond motifs is 1. The molecule has 3 heterocycles. The van der Waals surface area contributed by atoms with Crippen molar-refractivity contribution in [3.8, 4) is 5.75 Å². The zero-order chi connectivity index (χ0) is 32.8. The van der Waals surface area contributed by atoms with E-state index in [0.29, 0.717) is 24.7 Å². The SMILES string of the molecule is COCc1ccc(OC)c(CN2CCCC2c2cc3n(n2)[C@@H](C(F)(F)F)C[C@@H](C)N3)c1.O=C(O)CC(O)(CC(=O)O)C(=O)O. The van der Waals surface area contributed by atoms with Gasteiger partial charge in [-0.25, -0.2) is 9.48 Å². The molecule has 5 N–H and O–H groups in total. The largest absolute Gasteiger partial charge is 0.496 e. The Morgan fingerprint density at radius 2 is 1.75 bits per heavy atom. The van der Waals surface area contributed by atoms with Gasteiger partial charge in [0, 0.05) is 31.3 Å². The van der Waals surface area contributed by atoms with Crippen molar-refractivity contribution in [1.29, 1.82) is 0 Å². The Hall–Kier alpha value is -3.89. The zero-order valence-corrected chi connectivity index (χ0v) is 24.5. The van der Waals surface area contributed by atoms with Crippen molar-refractivity contribution in [2.45, 2.75) is 82.1 Å². The van der Waals surface area contributed by atoms with Crippen molar-refractivity contribution in [3.05, 3.63) is 41.1 Å². The number of hydrogen-bond acceptors (Lipinski definition) is 9. The second kappa shape index (κ2) is 14.3. The van der Waals surface area contributed by atoms with Gasteiger partial charge in [-0.3, -0.25) is 14.5 Å². The molecule has 0 aliphatic carbocycles. The molecule has 13 nitrogen and oxygen atoms in total. The number of aliphatic carboxylic acids is 3. The van der Waals surface area contributed by atoms with Crippen LogP contribution in [0.2, 0.25) is 0 Å². The number of anilines is 1. The van der Waals surface area contributed by atoms with Gasteiger partial charge >= 0.3 is 24.1 Å². The van der Waals surface area contributed by atoms with Crippen LogP contribution >= 0.6 is 0 Å². The summed E-state index contributed by atoms with van der Waals surface area (Å²) >= 11 is 0. The van der Waals surface area contributed by atoms with Gasteiger partial charge in [0.2, 0.25) is 0 Å². The normalized spacial score (nSPS) is 20.2. The predicted octanol–water partition coefficient (Wildman–Crippen LogP) is 3.43. The second-order valence-electron chi connectivity index (χ2n) is 10.9. The fourth-order valence-electron chi connectivity index (χ4n) is 5.44. The van der Waals surface area contributed by atoms with Crippen LogP contribution in [0.4, 0.5) is 19.0 Å². The number of benzene rings is 1. The van der Waals surface area contributed by atoms with Crippen LogP contribution in [-0.2, 0) is 32.3 Å². The van der Waals surface area contributed by atoms with Gasteiger partial charge in [-0.05, 0) is 50.4 Å². The minimum absolute atomic E-state index is 0.0184. The first-order chi connectivity index (χ1) is 20.6. The van der Waals surface area contributed by atoms with E-state index < -0.39 is 48.6 Å². The van der Waals surface area contributed by atoms with Crippen LogP contribution in [0.3, 0.4) is 0 Å². The lowest BCUT2D eigenvalue weighted by Gasteiger charge is -2.31. The molecule has 4 rings (SSSR count). The maximum atomic E-state index is 13.6. The molecule has 44 heavy (non-hydrogen) atoms. The summed E-state index contributed by atoms with van der Waals surface area (Å²) in [7, 11) is 3.30. The number of alkyl halides is 3. The van der Waals surface area contributed by atoms with Crippen LogP contribution in [-0.4, -0.2) is 91.6 Å². The molecule has 0 saturated carbocycles. The van der Waals surface area contributed by atoms with Crippen LogP contribution in [0.5, 0.6) is 5.75 Å². The van der Waals surface area contributed by atoms with E-state index in [-0.39, 0.29) is 18.5 Å². The quantitative estimate of drug-likeness (QED) is 0.244. The molecule has 0 spiro atoms. The third-order valence-electron chi connectivity index (χ3n) is 7.42. The monoisotopic (exact) mass is 630 g/mol. The standard InChI is InChI=1S/C22H29F3N4O2.C6H8O7/c1-14-9-20(22(23,24)25)29-21(26-14)11-17(27-29)18-5-4-8-28(18)12-16-10-15(13-30-2)6-7-19(16)31-3;7-3(8)1-6(13,5(11)12)2-4(9)10/h6-7,10-11,14,18,20,26H,4-5,8-9,12-13H2,1-3H3;13H,1-2H2,(H,7,8)(H,9,10)(H,11,12)/t14-,18?,20-;/m1./s1. The molecule has 2 aliphatic heterocycles. The van der Waals surface area contributed by atoms with Crippen molar-refractivity contribution < 1.29 is 57.5 Å². The minimum Gasteiger partial charge on any atom is -0.496 e. The van der Waals surface area contributed by atoms with E-state index in [2.05, 4.69) is 21.4 Å². The number of halogens is 3. The van der Waals surface area contributed by atoms with Gasteiger partial charge < -0.3 is 35.2 Å². The van der Waals surface area contributed by atoms with E-state index in [1.807, 2.05) is 12.1 Å². The molecule has 1 aromatic heterocycles. The molecule has 3 atom stereocenters. The van der Waals surface area contributed by atoms with E-state index in [9.17, 15) is 27.6 Å². The van der Waals surface area contributed by atoms with Crippen LogP contribution < -0.4 is 10.1 Å². The number of rotatable bonds is 11. The van der Waals surface area contributed by atoms with Crippen LogP contribution in [0.1, 0.15) is 67.9 Å². The van der Waals surface area contributed by atoms with Gasteiger partial charge in [-0.15, -0.1) is 0 Å². The summed E-state index contributed by atoms with van der Waals surface area (Å²) in [6.45, 7) is 3.78. The van der Waals surface area contributed by atoms with Gasteiger partial charge in [-0.1, -0.05) is 6.07 Å². The first-order valence-corrected chi connectivity index (χ1v) is 13.8. The minimum atomic E-state index is -4.32. The molecule has 1 fully saturated rings. The number of carboxylic acid groups (broad SMARTS) is 3. The number of nitrogens with zero attached hydrogens (tertiary/aromatic N) is 3. The molecule has 244 valence electrons. The predicted molar refractivity (Wildman–Crippen MR) is 148 cm³/mol. The van der Waals surface area contributed by atoms with Crippen molar-refractivity contribution in [2.24, 2.45) is 0 Å². The Kier molecular flexibility index (Phi) is 11.2. The van der Waals surface area contributed by atoms with Crippen LogP contribution in [0.15, 0.2) is 24.3 Å². The topological polar surface area (TPSA) is 184 Å². The third-order valence-corrected chi connectivity index (χ3v) is 7.42. The van der Waals surface area contributed by atoms with Crippen LogP contribution in [0.25, 0.3) is 0 Å². The Morgan fingerprint density at radius 3 is 2.30 bits per heavy atom. The molecular formula is C28H37F3N4O9. The van der Waals surface area contributed by atoms with Gasteiger partial charge in [0.1, 0.15) is 11.6 Å². The number of aromatic nitrogens is 2. The fourth-order valence-corrected chi connectivity index (χ4v) is 5.44. The maximum Gasteiger partial charge on any atom is 0.410 e. The van der Waals surface area contributed by atoms with Gasteiger partial charge in [-0.2, -0.15) is 18.3 Å². The Bertz CT molecular complexity index is 1320. The molecule has 1 saturated heterocycles. The van der Waals surface area contributed by atoms with Crippen LogP contribution in [0, 0.1) is 0 Å². The summed E-state index contributed by atoms with van der Waals surface area (Å²) < 4.78 is 52.7. The number of likely N-dealkylation sites (tertiary alicyclic amines) is 1. The van der Waals surface area contributed by atoms with Crippen molar-refractivity contribution in [1.82, 2.24) is 14.7 Å². The number of hydrogen-bond donors (Lipinski definition) is 5. The van der Waals surface area contributed by atoms with Gasteiger partial charge in [0.15, 0.2) is 11.6 Å². The number of carboxylic acids is 3. The summed E-state index contributed by atoms with van der Waals surface area (Å²) in [5.74, 6) is -3.78. The van der Waals surface area contributed by atoms with Crippen molar-refractivity contribution >= 4 is 23.7 Å². The maximum absolute atomic E-state index is 13.6. The number of ether oxygens (including phenoxy) is 2. The first-order valence-electron chi connectivity index (χ1n) is 13.8. The summed E-state index contributed by atoms with van der Waals surface area (Å²) in [4.78, 5) is 32.8. The molecule has 1 unspecified atom stereocenters. The molecule has 1 aromatic carbocycles. The summed E-state index contributed by atoms with van der Waals surface area (Å²) in [5.41, 5.74) is 0.0402. The lowest BCUT2D eigenvalue weighted by molar-refractivity contribution is -0.173. The highest BCUT2D eigenvalue weighted by atomic mass is 19.4. The Labute approximate surface area is 251 Å². The molecule has 2 aromatic rings.